The third-order valence-corrected chi connectivity index (χ3v) is 2.01. The maximum atomic E-state index is 11.6. The van der Waals surface area contributed by atoms with Crippen LogP contribution in [0.25, 0.3) is 10.9 Å². The van der Waals surface area contributed by atoms with Gasteiger partial charge in [0.05, 0.1) is 17.4 Å². The van der Waals surface area contributed by atoms with Crippen molar-refractivity contribution in [3.63, 3.8) is 0 Å². The van der Waals surface area contributed by atoms with E-state index in [1.54, 1.807) is 18.2 Å². The standard InChI is InChI=1S/C10H9N3O2/c14-6-11-5-9-12-8-4-2-1-3-7(8)10(15)13-9/h1-4,6H,5H2,(H,11,14)(H,12,13,15). The Bertz CT molecular complexity index is 548. The molecule has 1 amide bonds. The Morgan fingerprint density at radius 1 is 1.40 bits per heavy atom. The minimum Gasteiger partial charge on any atom is -0.351 e. The summed E-state index contributed by atoms with van der Waals surface area (Å²) in [6.07, 6.45) is 0.565. The van der Waals surface area contributed by atoms with Gasteiger partial charge in [0, 0.05) is 0 Å². The summed E-state index contributed by atoms with van der Waals surface area (Å²) < 4.78 is 0. The molecule has 2 rings (SSSR count). The highest BCUT2D eigenvalue weighted by atomic mass is 16.1. The Hall–Kier alpha value is -2.17. The molecule has 1 aromatic heterocycles. The van der Waals surface area contributed by atoms with E-state index in [1.807, 2.05) is 6.07 Å². The van der Waals surface area contributed by atoms with Crippen molar-refractivity contribution in [2.45, 2.75) is 6.54 Å². The van der Waals surface area contributed by atoms with Gasteiger partial charge in [-0.25, -0.2) is 4.98 Å². The number of carbonyl (C=O) groups excluding carboxylic acids is 1. The van der Waals surface area contributed by atoms with Crippen LogP contribution in [0.1, 0.15) is 5.82 Å². The number of nitrogens with one attached hydrogen (secondary N) is 2. The van der Waals surface area contributed by atoms with E-state index in [2.05, 4.69) is 15.3 Å². The molecule has 1 heterocycles. The van der Waals surface area contributed by atoms with Gasteiger partial charge in [-0.1, -0.05) is 12.1 Å². The molecule has 1 aromatic carbocycles. The van der Waals surface area contributed by atoms with Crippen LogP contribution in [0, 0.1) is 0 Å². The maximum Gasteiger partial charge on any atom is 0.258 e. The zero-order valence-corrected chi connectivity index (χ0v) is 7.86. The van der Waals surface area contributed by atoms with Crippen LogP contribution >= 0.6 is 0 Å². The predicted octanol–water partition coefficient (Wildman–Crippen LogP) is 0.169. The summed E-state index contributed by atoms with van der Waals surface area (Å²) in [5.41, 5.74) is 0.437. The number of para-hydroxylation sites is 1. The van der Waals surface area contributed by atoms with Gasteiger partial charge in [-0.2, -0.15) is 0 Å². The van der Waals surface area contributed by atoms with E-state index in [1.165, 1.54) is 0 Å². The summed E-state index contributed by atoms with van der Waals surface area (Å²) in [6, 6.07) is 7.06. The molecular weight excluding hydrogens is 194 g/mol. The van der Waals surface area contributed by atoms with Gasteiger partial charge < -0.3 is 10.3 Å². The molecule has 0 fully saturated rings. The molecule has 0 saturated heterocycles. The van der Waals surface area contributed by atoms with Gasteiger partial charge in [0.2, 0.25) is 6.41 Å². The van der Waals surface area contributed by atoms with Gasteiger partial charge in [0.1, 0.15) is 5.82 Å². The molecule has 0 aliphatic carbocycles. The van der Waals surface area contributed by atoms with E-state index in [4.69, 9.17) is 0 Å². The number of hydrogen-bond acceptors (Lipinski definition) is 3. The van der Waals surface area contributed by atoms with Crippen molar-refractivity contribution in [3.05, 3.63) is 40.4 Å². The van der Waals surface area contributed by atoms with Crippen LogP contribution < -0.4 is 10.9 Å². The van der Waals surface area contributed by atoms with Crippen LogP contribution in [0.4, 0.5) is 0 Å². The van der Waals surface area contributed by atoms with Crippen molar-refractivity contribution in [2.75, 3.05) is 0 Å². The highest BCUT2D eigenvalue weighted by molar-refractivity contribution is 5.77. The van der Waals surface area contributed by atoms with Gasteiger partial charge in [0.15, 0.2) is 0 Å². The number of rotatable bonds is 3. The second-order valence-corrected chi connectivity index (χ2v) is 3.03. The molecule has 2 N–H and O–H groups in total. The maximum absolute atomic E-state index is 11.6. The van der Waals surface area contributed by atoms with Gasteiger partial charge in [0.25, 0.3) is 5.56 Å². The van der Waals surface area contributed by atoms with Crippen LogP contribution in [0.3, 0.4) is 0 Å². The molecule has 5 heteroatoms. The second-order valence-electron chi connectivity index (χ2n) is 3.03. The quantitative estimate of drug-likeness (QED) is 0.698. The topological polar surface area (TPSA) is 74.8 Å². The highest BCUT2D eigenvalue weighted by Gasteiger charge is 2.01. The molecule has 76 valence electrons. The molecule has 0 unspecified atom stereocenters. The predicted molar refractivity (Wildman–Crippen MR) is 55.3 cm³/mol. The Balaban J connectivity index is 2.52. The second kappa shape index (κ2) is 3.91. The third-order valence-electron chi connectivity index (χ3n) is 2.01. The molecule has 15 heavy (non-hydrogen) atoms. The number of hydrogen-bond donors (Lipinski definition) is 2. The SMILES string of the molecule is O=CNCc1nc2ccccc2c(=O)[nH]1. The summed E-state index contributed by atoms with van der Waals surface area (Å²) in [7, 11) is 0. The molecular formula is C10H9N3O2. The largest absolute Gasteiger partial charge is 0.351 e. The fourth-order valence-electron chi connectivity index (χ4n) is 1.36. The lowest BCUT2D eigenvalue weighted by molar-refractivity contribution is -0.109. The van der Waals surface area contributed by atoms with Gasteiger partial charge in [-0.3, -0.25) is 9.59 Å². The van der Waals surface area contributed by atoms with E-state index in [0.29, 0.717) is 23.1 Å². The number of aromatic amines is 1. The van der Waals surface area contributed by atoms with E-state index in [9.17, 15) is 9.59 Å². The van der Waals surface area contributed by atoms with Crippen molar-refractivity contribution in [2.24, 2.45) is 0 Å². The Labute approximate surface area is 85.2 Å². The molecule has 5 nitrogen and oxygen atoms in total. The van der Waals surface area contributed by atoms with Crippen molar-refractivity contribution < 1.29 is 4.79 Å². The van der Waals surface area contributed by atoms with E-state index < -0.39 is 0 Å². The minimum absolute atomic E-state index is 0.191. The number of fused-ring (bicyclic) bond motifs is 1. The lowest BCUT2D eigenvalue weighted by Gasteiger charge is -2.01. The Morgan fingerprint density at radius 3 is 3.00 bits per heavy atom. The molecule has 0 radical (unpaired) electrons. The van der Waals surface area contributed by atoms with Crippen molar-refractivity contribution in [1.82, 2.24) is 15.3 Å². The summed E-state index contributed by atoms with van der Waals surface area (Å²) in [4.78, 5) is 28.4. The summed E-state index contributed by atoms with van der Waals surface area (Å²) in [5, 5.41) is 2.99. The van der Waals surface area contributed by atoms with E-state index in [0.717, 1.165) is 0 Å². The van der Waals surface area contributed by atoms with E-state index in [-0.39, 0.29) is 12.1 Å². The number of amides is 1. The first-order valence-corrected chi connectivity index (χ1v) is 4.46. The van der Waals surface area contributed by atoms with Crippen LogP contribution in [-0.4, -0.2) is 16.4 Å². The average molecular weight is 203 g/mol. The van der Waals surface area contributed by atoms with Crippen LogP contribution in [0.5, 0.6) is 0 Å². The lowest BCUT2D eigenvalue weighted by atomic mass is 10.2. The number of carbonyl (C=O) groups is 1. The normalized spacial score (nSPS) is 10.1. The number of aromatic nitrogens is 2. The number of nitrogens with zero attached hydrogens (tertiary/aromatic N) is 1. The zero-order chi connectivity index (χ0) is 10.7. The average Bonchev–Trinajstić information content (AvgIpc) is 2.26. The molecule has 0 bridgehead atoms. The van der Waals surface area contributed by atoms with Crippen molar-refractivity contribution in [3.8, 4) is 0 Å². The highest BCUT2D eigenvalue weighted by Crippen LogP contribution is 2.04. The zero-order valence-electron chi connectivity index (χ0n) is 7.86. The smallest absolute Gasteiger partial charge is 0.258 e. The molecule has 0 aliphatic rings. The minimum atomic E-state index is -0.191. The van der Waals surface area contributed by atoms with Gasteiger partial charge in [-0.05, 0) is 12.1 Å². The van der Waals surface area contributed by atoms with Gasteiger partial charge >= 0.3 is 0 Å². The lowest BCUT2D eigenvalue weighted by Crippen LogP contribution is -2.18. The van der Waals surface area contributed by atoms with Crippen molar-refractivity contribution in [1.29, 1.82) is 0 Å². The molecule has 0 atom stereocenters. The first-order valence-electron chi connectivity index (χ1n) is 4.46. The van der Waals surface area contributed by atoms with Crippen molar-refractivity contribution >= 4 is 17.3 Å². The van der Waals surface area contributed by atoms with Crippen LogP contribution in [0.2, 0.25) is 0 Å². The molecule has 2 aromatic rings. The van der Waals surface area contributed by atoms with E-state index >= 15 is 0 Å². The van der Waals surface area contributed by atoms with Crippen LogP contribution in [-0.2, 0) is 11.3 Å². The summed E-state index contributed by atoms with van der Waals surface area (Å²) in [5.74, 6) is 0.450. The third kappa shape index (κ3) is 1.85. The fraction of sp³-hybridized carbons (Fsp3) is 0.100. The summed E-state index contributed by atoms with van der Waals surface area (Å²) >= 11 is 0. The molecule has 0 spiro atoms. The van der Waals surface area contributed by atoms with Crippen LogP contribution in [0.15, 0.2) is 29.1 Å². The molecule has 0 aliphatic heterocycles. The van der Waals surface area contributed by atoms with Gasteiger partial charge in [-0.15, -0.1) is 0 Å². The number of H-pyrrole nitrogens is 1. The first kappa shape index (κ1) is 9.39. The monoisotopic (exact) mass is 203 g/mol. The Morgan fingerprint density at radius 2 is 2.20 bits per heavy atom. The molecule has 0 saturated carbocycles. The summed E-state index contributed by atoms with van der Waals surface area (Å²) in [6.45, 7) is 0.226. The fourth-order valence-corrected chi connectivity index (χ4v) is 1.36. The Kier molecular flexibility index (Phi) is 2.45. The number of benzene rings is 1. The first-order chi connectivity index (χ1) is 7.31.